The topological polar surface area (TPSA) is 35.5 Å². The molecule has 212 valence electrons. The number of benzene rings is 2. The van der Waals surface area contributed by atoms with Crippen molar-refractivity contribution in [1.29, 1.82) is 0 Å². The van der Waals surface area contributed by atoms with E-state index < -0.39 is 54.6 Å². The Bertz CT molecular complexity index is 1110. The highest BCUT2D eigenvalue weighted by Crippen LogP contribution is 2.60. The Balaban J connectivity index is 2.12. The molecule has 0 saturated carbocycles. The number of halogens is 13. The number of esters is 1. The van der Waals surface area contributed by atoms with Crippen LogP contribution in [0.4, 0.5) is 57.1 Å². The third-order valence-electron chi connectivity index (χ3n) is 5.15. The number of carbonyl (C=O) groups excluding carboxylic acids is 1. The van der Waals surface area contributed by atoms with Crippen molar-refractivity contribution in [3.05, 3.63) is 48.5 Å². The zero-order valence-electron chi connectivity index (χ0n) is 18.7. The third kappa shape index (κ3) is 5.48. The van der Waals surface area contributed by atoms with Crippen LogP contribution in [0.1, 0.15) is 12.8 Å². The minimum Gasteiger partial charge on any atom is -0.497 e. The first kappa shape index (κ1) is 31.0. The molecule has 0 saturated heterocycles. The summed E-state index contributed by atoms with van der Waals surface area (Å²) in [5.41, 5.74) is 1.21. The Kier molecular flexibility index (Phi) is 8.30. The fourth-order valence-corrected chi connectivity index (χ4v) is 2.90. The van der Waals surface area contributed by atoms with Gasteiger partial charge in [0.25, 0.3) is 0 Å². The van der Waals surface area contributed by atoms with Crippen molar-refractivity contribution in [1.82, 2.24) is 0 Å². The number of carbonyl (C=O) groups is 1. The van der Waals surface area contributed by atoms with E-state index in [1.807, 2.05) is 0 Å². The number of hydrogen-bond donors (Lipinski definition) is 0. The van der Waals surface area contributed by atoms with Crippen LogP contribution in [0.15, 0.2) is 48.5 Å². The quantitative estimate of drug-likeness (QED) is 0.165. The summed E-state index contributed by atoms with van der Waals surface area (Å²) in [5.74, 6) is -39.0. The van der Waals surface area contributed by atoms with Gasteiger partial charge in [0, 0.05) is 6.42 Å². The molecule has 0 unspecified atom stereocenters. The molecule has 0 aliphatic rings. The van der Waals surface area contributed by atoms with Gasteiger partial charge in [-0.25, -0.2) is 0 Å². The summed E-state index contributed by atoms with van der Waals surface area (Å²) in [6.45, 7) is 0. The SMILES string of the molecule is COc1ccc(-c2ccc(OC(=O)CCC(F)(F)C(F)(F)C(F)(F)C(F)(F)C(F)(F)C(F)(F)F)cc2)cc1. The average molecular weight is 574 g/mol. The number of hydrogen-bond acceptors (Lipinski definition) is 3. The lowest BCUT2D eigenvalue weighted by Crippen LogP contribution is -2.70. The second kappa shape index (κ2) is 10.2. The van der Waals surface area contributed by atoms with E-state index in [4.69, 9.17) is 4.74 Å². The molecule has 2 aromatic rings. The summed E-state index contributed by atoms with van der Waals surface area (Å²) in [7, 11) is 1.43. The van der Waals surface area contributed by atoms with Gasteiger partial charge >= 0.3 is 41.8 Å². The van der Waals surface area contributed by atoms with Crippen LogP contribution < -0.4 is 9.47 Å². The minimum atomic E-state index is -7.99. The molecule has 2 rings (SSSR count). The maximum atomic E-state index is 13.8. The third-order valence-corrected chi connectivity index (χ3v) is 5.15. The second-order valence-corrected chi connectivity index (χ2v) is 7.73. The lowest BCUT2D eigenvalue weighted by Gasteiger charge is -2.39. The van der Waals surface area contributed by atoms with Crippen molar-refractivity contribution in [2.45, 2.75) is 48.6 Å². The first-order valence-electron chi connectivity index (χ1n) is 10.0. The predicted molar refractivity (Wildman–Crippen MR) is 104 cm³/mol. The van der Waals surface area contributed by atoms with Crippen LogP contribution in [0.5, 0.6) is 11.5 Å². The Morgan fingerprint density at radius 1 is 0.605 bits per heavy atom. The molecule has 0 aliphatic carbocycles. The lowest BCUT2D eigenvalue weighted by atomic mass is 9.92. The van der Waals surface area contributed by atoms with Crippen LogP contribution in [0.25, 0.3) is 11.1 Å². The molecular formula is C22H15F13O3. The maximum absolute atomic E-state index is 13.8. The molecule has 38 heavy (non-hydrogen) atoms. The fourth-order valence-electron chi connectivity index (χ4n) is 2.90. The summed E-state index contributed by atoms with van der Waals surface area (Å²) >= 11 is 0. The summed E-state index contributed by atoms with van der Waals surface area (Å²) in [6, 6.07) is 11.5. The van der Waals surface area contributed by atoms with E-state index in [1.165, 1.54) is 19.2 Å². The monoisotopic (exact) mass is 574 g/mol. The molecule has 0 atom stereocenters. The smallest absolute Gasteiger partial charge is 0.460 e. The van der Waals surface area contributed by atoms with Crippen molar-refractivity contribution in [2.24, 2.45) is 0 Å². The molecule has 0 fully saturated rings. The molecule has 0 N–H and O–H groups in total. The summed E-state index contributed by atoms with van der Waals surface area (Å²) in [4.78, 5) is 11.7. The van der Waals surface area contributed by atoms with Gasteiger partial charge in [0.2, 0.25) is 0 Å². The van der Waals surface area contributed by atoms with Gasteiger partial charge < -0.3 is 9.47 Å². The van der Waals surface area contributed by atoms with Crippen LogP contribution >= 0.6 is 0 Å². The number of methoxy groups -OCH3 is 1. The zero-order chi connectivity index (χ0) is 29.4. The van der Waals surface area contributed by atoms with Gasteiger partial charge in [0.05, 0.1) is 13.5 Å². The lowest BCUT2D eigenvalue weighted by molar-refractivity contribution is -0.440. The molecule has 0 amide bonds. The molecule has 0 bridgehead atoms. The Labute approximate surface area is 205 Å². The highest BCUT2D eigenvalue weighted by molar-refractivity contribution is 5.73. The van der Waals surface area contributed by atoms with E-state index in [0.29, 0.717) is 16.9 Å². The van der Waals surface area contributed by atoms with Crippen molar-refractivity contribution in [2.75, 3.05) is 7.11 Å². The number of ether oxygens (including phenoxy) is 2. The molecule has 3 nitrogen and oxygen atoms in total. The van der Waals surface area contributed by atoms with E-state index in [1.54, 1.807) is 24.3 Å². The van der Waals surface area contributed by atoms with Crippen molar-refractivity contribution in [3.63, 3.8) is 0 Å². The first-order chi connectivity index (χ1) is 17.1. The van der Waals surface area contributed by atoms with Crippen LogP contribution in [0.3, 0.4) is 0 Å². The van der Waals surface area contributed by atoms with E-state index in [2.05, 4.69) is 4.74 Å². The first-order valence-corrected chi connectivity index (χ1v) is 10.0. The van der Waals surface area contributed by atoms with E-state index >= 15 is 0 Å². The number of alkyl halides is 13. The van der Waals surface area contributed by atoms with E-state index in [-0.39, 0.29) is 5.75 Å². The highest BCUT2D eigenvalue weighted by atomic mass is 19.4. The molecule has 2 aromatic carbocycles. The summed E-state index contributed by atoms with van der Waals surface area (Å²) < 4.78 is 180. The molecule has 0 heterocycles. The Hall–Kier alpha value is -3.20. The maximum Gasteiger partial charge on any atom is 0.460 e. The van der Waals surface area contributed by atoms with Gasteiger partial charge in [-0.1, -0.05) is 24.3 Å². The zero-order valence-corrected chi connectivity index (χ0v) is 18.7. The fraction of sp³-hybridized carbons (Fsp3) is 0.409. The van der Waals surface area contributed by atoms with Gasteiger partial charge in [-0.15, -0.1) is 0 Å². The molecular weight excluding hydrogens is 559 g/mol. The van der Waals surface area contributed by atoms with Crippen molar-refractivity contribution in [3.8, 4) is 22.6 Å². The normalized spacial score (nSPS) is 13.8. The predicted octanol–water partition coefficient (Wildman–Crippen LogP) is 7.79. The Morgan fingerprint density at radius 3 is 1.39 bits per heavy atom. The van der Waals surface area contributed by atoms with Crippen LogP contribution in [-0.4, -0.2) is 48.9 Å². The van der Waals surface area contributed by atoms with Crippen molar-refractivity contribution >= 4 is 5.97 Å². The van der Waals surface area contributed by atoms with Gasteiger partial charge in [-0.3, -0.25) is 4.79 Å². The van der Waals surface area contributed by atoms with Gasteiger partial charge in [-0.05, 0) is 35.4 Å². The largest absolute Gasteiger partial charge is 0.497 e. The van der Waals surface area contributed by atoms with Gasteiger partial charge in [0.1, 0.15) is 11.5 Å². The minimum absolute atomic E-state index is 0.343. The molecule has 0 aliphatic heterocycles. The van der Waals surface area contributed by atoms with Gasteiger partial charge in [-0.2, -0.15) is 57.1 Å². The molecule has 0 radical (unpaired) electrons. The molecule has 0 aromatic heterocycles. The van der Waals surface area contributed by atoms with E-state index in [9.17, 15) is 61.9 Å². The second-order valence-electron chi connectivity index (χ2n) is 7.73. The van der Waals surface area contributed by atoms with Crippen molar-refractivity contribution < 1.29 is 71.3 Å². The van der Waals surface area contributed by atoms with Crippen LogP contribution in [-0.2, 0) is 4.79 Å². The highest BCUT2D eigenvalue weighted by Gasteiger charge is 2.90. The number of rotatable bonds is 10. The Morgan fingerprint density at radius 2 is 1.00 bits per heavy atom. The van der Waals surface area contributed by atoms with E-state index in [0.717, 1.165) is 12.1 Å². The van der Waals surface area contributed by atoms with Crippen LogP contribution in [0, 0.1) is 0 Å². The molecule has 0 spiro atoms. The average Bonchev–Trinajstić information content (AvgIpc) is 2.82. The standard InChI is InChI=1S/C22H15F13O3/c1-37-14-6-2-12(3-7-14)13-4-8-15(9-5-13)38-16(36)10-11-17(23,24)18(25,26)19(27,28)20(29,30)21(31,32)22(33,34)35/h2-9H,10-11H2,1H3. The molecule has 16 heteroatoms. The summed E-state index contributed by atoms with van der Waals surface area (Å²) in [6.07, 6.45) is -12.0. The summed E-state index contributed by atoms with van der Waals surface area (Å²) in [5, 5.41) is 0. The van der Waals surface area contributed by atoms with Gasteiger partial charge in [0.15, 0.2) is 0 Å². The van der Waals surface area contributed by atoms with Crippen LogP contribution in [0.2, 0.25) is 0 Å².